The monoisotopic (exact) mass is 281 g/mol. The molecule has 0 aliphatic heterocycles. The molecule has 21 heavy (non-hydrogen) atoms. The van der Waals surface area contributed by atoms with Crippen LogP contribution in [0.3, 0.4) is 0 Å². The van der Waals surface area contributed by atoms with E-state index in [0.717, 1.165) is 17.8 Å². The van der Waals surface area contributed by atoms with E-state index in [4.69, 9.17) is 5.41 Å². The highest BCUT2D eigenvalue weighted by Crippen LogP contribution is 2.20. The van der Waals surface area contributed by atoms with Gasteiger partial charge < -0.3 is 9.80 Å². The summed E-state index contributed by atoms with van der Waals surface area (Å²) < 4.78 is 0. The van der Waals surface area contributed by atoms with Gasteiger partial charge in [-0.1, -0.05) is 31.2 Å². The van der Waals surface area contributed by atoms with Crippen LogP contribution in [0.5, 0.6) is 0 Å². The summed E-state index contributed by atoms with van der Waals surface area (Å²) in [6.45, 7) is 4.21. The van der Waals surface area contributed by atoms with Crippen LogP contribution in [0.1, 0.15) is 18.1 Å². The number of rotatable bonds is 3. The fraction of sp³-hybridized carbons (Fsp3) is 0.278. The second-order valence-electron chi connectivity index (χ2n) is 5.30. The van der Waals surface area contributed by atoms with Gasteiger partial charge in [-0.05, 0) is 48.7 Å². The van der Waals surface area contributed by atoms with Crippen LogP contribution in [0.4, 0.5) is 11.4 Å². The zero-order chi connectivity index (χ0) is 15.4. The molecule has 0 saturated heterocycles. The second kappa shape index (κ2) is 6.44. The molecule has 0 aliphatic carbocycles. The molecule has 2 aromatic carbocycles. The summed E-state index contributed by atoms with van der Waals surface area (Å²) in [4.78, 5) is 3.80. The summed E-state index contributed by atoms with van der Waals surface area (Å²) >= 11 is 0. The van der Waals surface area contributed by atoms with Gasteiger partial charge in [0, 0.05) is 25.5 Å². The van der Waals surface area contributed by atoms with E-state index in [9.17, 15) is 0 Å². The minimum Gasteiger partial charge on any atom is -0.316 e. The molecule has 0 bridgehead atoms. The van der Waals surface area contributed by atoms with Gasteiger partial charge in [-0.2, -0.15) is 0 Å². The van der Waals surface area contributed by atoms with Gasteiger partial charge in [-0.3, -0.25) is 5.41 Å². The molecular formula is C18H23N3. The van der Waals surface area contributed by atoms with Crippen molar-refractivity contribution in [1.82, 2.24) is 0 Å². The molecule has 2 aromatic rings. The normalized spacial score (nSPS) is 10.3. The predicted octanol–water partition coefficient (Wildman–Crippen LogP) is 4.06. The molecule has 0 unspecified atom stereocenters. The largest absolute Gasteiger partial charge is 0.316 e. The SMILES string of the molecule is CCc1cccc(N(C)C(=N)N(C)c2cccc(C)c2)c1. The second-order valence-corrected chi connectivity index (χ2v) is 5.30. The first-order chi connectivity index (χ1) is 10.0. The lowest BCUT2D eigenvalue weighted by Crippen LogP contribution is -2.39. The van der Waals surface area contributed by atoms with E-state index in [-0.39, 0.29) is 0 Å². The number of benzene rings is 2. The first kappa shape index (κ1) is 15.1. The summed E-state index contributed by atoms with van der Waals surface area (Å²) in [5.41, 5.74) is 4.55. The Morgan fingerprint density at radius 1 is 0.952 bits per heavy atom. The van der Waals surface area contributed by atoms with Gasteiger partial charge in [-0.15, -0.1) is 0 Å². The average molecular weight is 281 g/mol. The maximum Gasteiger partial charge on any atom is 0.202 e. The Morgan fingerprint density at radius 2 is 1.52 bits per heavy atom. The fourth-order valence-electron chi connectivity index (χ4n) is 2.29. The Labute approximate surface area is 127 Å². The molecule has 3 heteroatoms. The minimum atomic E-state index is 0.453. The summed E-state index contributed by atoms with van der Waals surface area (Å²) in [7, 11) is 3.86. The zero-order valence-corrected chi connectivity index (χ0v) is 13.2. The summed E-state index contributed by atoms with van der Waals surface area (Å²) in [5, 5.41) is 8.43. The molecule has 110 valence electrons. The van der Waals surface area contributed by atoms with Gasteiger partial charge >= 0.3 is 0 Å². The van der Waals surface area contributed by atoms with E-state index in [1.165, 1.54) is 11.1 Å². The van der Waals surface area contributed by atoms with Crippen LogP contribution in [0.15, 0.2) is 48.5 Å². The molecule has 0 aromatic heterocycles. The summed E-state index contributed by atoms with van der Waals surface area (Å²) in [6.07, 6.45) is 1.00. The molecule has 0 amide bonds. The van der Waals surface area contributed by atoms with E-state index < -0.39 is 0 Å². The number of nitrogens with one attached hydrogen (secondary N) is 1. The molecule has 2 rings (SSSR count). The van der Waals surface area contributed by atoms with E-state index >= 15 is 0 Å². The Hall–Kier alpha value is -2.29. The van der Waals surface area contributed by atoms with Gasteiger partial charge in [0.1, 0.15) is 0 Å². The van der Waals surface area contributed by atoms with Crippen molar-refractivity contribution in [3.63, 3.8) is 0 Å². The third-order valence-electron chi connectivity index (χ3n) is 3.73. The van der Waals surface area contributed by atoms with Gasteiger partial charge in [0.25, 0.3) is 0 Å². The van der Waals surface area contributed by atoms with Crippen molar-refractivity contribution < 1.29 is 0 Å². The van der Waals surface area contributed by atoms with Gasteiger partial charge in [0.05, 0.1) is 0 Å². The molecule has 0 radical (unpaired) electrons. The Morgan fingerprint density at radius 3 is 2.10 bits per heavy atom. The fourth-order valence-corrected chi connectivity index (χ4v) is 2.29. The van der Waals surface area contributed by atoms with E-state index in [1.54, 1.807) is 0 Å². The first-order valence-corrected chi connectivity index (χ1v) is 7.24. The molecule has 0 saturated carbocycles. The average Bonchev–Trinajstić information content (AvgIpc) is 2.52. The van der Waals surface area contributed by atoms with Crippen molar-refractivity contribution in [3.05, 3.63) is 59.7 Å². The van der Waals surface area contributed by atoms with Crippen LogP contribution in [0.2, 0.25) is 0 Å². The number of hydrogen-bond donors (Lipinski definition) is 1. The van der Waals surface area contributed by atoms with Crippen molar-refractivity contribution >= 4 is 17.3 Å². The Bertz CT molecular complexity index is 634. The lowest BCUT2D eigenvalue weighted by molar-refractivity contribution is 1.10. The van der Waals surface area contributed by atoms with E-state index in [0.29, 0.717) is 5.96 Å². The van der Waals surface area contributed by atoms with E-state index in [1.807, 2.05) is 48.2 Å². The number of aryl methyl sites for hydroxylation is 2. The maximum atomic E-state index is 8.43. The molecule has 3 nitrogen and oxygen atoms in total. The lowest BCUT2D eigenvalue weighted by atomic mass is 10.1. The minimum absolute atomic E-state index is 0.453. The number of guanidine groups is 1. The van der Waals surface area contributed by atoms with Crippen LogP contribution in [-0.4, -0.2) is 20.1 Å². The van der Waals surface area contributed by atoms with Crippen LogP contribution < -0.4 is 9.80 Å². The topological polar surface area (TPSA) is 30.3 Å². The molecule has 0 spiro atoms. The van der Waals surface area contributed by atoms with Crippen LogP contribution in [0, 0.1) is 12.3 Å². The van der Waals surface area contributed by atoms with Gasteiger partial charge in [-0.25, -0.2) is 0 Å². The highest BCUT2D eigenvalue weighted by molar-refractivity contribution is 6.04. The number of anilines is 2. The Balaban J connectivity index is 2.22. The smallest absolute Gasteiger partial charge is 0.202 e. The van der Waals surface area contributed by atoms with Crippen molar-refractivity contribution in [2.24, 2.45) is 0 Å². The van der Waals surface area contributed by atoms with Crippen LogP contribution in [-0.2, 0) is 6.42 Å². The van der Waals surface area contributed by atoms with Crippen molar-refractivity contribution in [2.75, 3.05) is 23.9 Å². The summed E-state index contributed by atoms with van der Waals surface area (Å²) in [5.74, 6) is 0.453. The van der Waals surface area contributed by atoms with Crippen molar-refractivity contribution in [1.29, 1.82) is 5.41 Å². The maximum absolute atomic E-state index is 8.43. The number of hydrogen-bond acceptors (Lipinski definition) is 1. The van der Waals surface area contributed by atoms with Crippen LogP contribution in [0.25, 0.3) is 0 Å². The molecule has 0 atom stereocenters. The van der Waals surface area contributed by atoms with E-state index in [2.05, 4.69) is 38.1 Å². The van der Waals surface area contributed by atoms with Gasteiger partial charge in [0.2, 0.25) is 5.96 Å². The third-order valence-corrected chi connectivity index (χ3v) is 3.73. The van der Waals surface area contributed by atoms with Crippen molar-refractivity contribution in [2.45, 2.75) is 20.3 Å². The standard InChI is InChI=1S/C18H23N3/c1-5-15-9-7-11-17(13-15)21(4)18(19)20(3)16-10-6-8-14(2)12-16/h6-13,19H,5H2,1-4H3. The third kappa shape index (κ3) is 3.43. The summed E-state index contributed by atoms with van der Waals surface area (Å²) in [6, 6.07) is 16.5. The lowest BCUT2D eigenvalue weighted by Gasteiger charge is -2.28. The van der Waals surface area contributed by atoms with Gasteiger partial charge in [0.15, 0.2) is 0 Å². The van der Waals surface area contributed by atoms with Crippen molar-refractivity contribution in [3.8, 4) is 0 Å². The molecular weight excluding hydrogens is 258 g/mol. The zero-order valence-electron chi connectivity index (χ0n) is 13.2. The molecule has 0 aliphatic rings. The Kier molecular flexibility index (Phi) is 4.63. The quantitative estimate of drug-likeness (QED) is 0.679. The molecule has 0 fully saturated rings. The highest BCUT2D eigenvalue weighted by atomic mass is 15.3. The highest BCUT2D eigenvalue weighted by Gasteiger charge is 2.13. The molecule has 0 heterocycles. The number of nitrogens with zero attached hydrogens (tertiary/aromatic N) is 2. The predicted molar refractivity (Wildman–Crippen MR) is 91.5 cm³/mol. The first-order valence-electron chi connectivity index (χ1n) is 7.24. The molecule has 1 N–H and O–H groups in total. The van der Waals surface area contributed by atoms with Crippen LogP contribution >= 0.6 is 0 Å².